The molecule has 0 aliphatic heterocycles. The Morgan fingerprint density at radius 1 is 1.38 bits per heavy atom. The predicted molar refractivity (Wildman–Crippen MR) is 90.0 cm³/mol. The van der Waals surface area contributed by atoms with Gasteiger partial charge in [0.15, 0.2) is 0 Å². The van der Waals surface area contributed by atoms with Gasteiger partial charge in [-0.1, -0.05) is 44.0 Å². The Morgan fingerprint density at radius 2 is 2.05 bits per heavy atom. The Kier molecular flexibility index (Phi) is 6.94. The smallest absolute Gasteiger partial charge is 0.238 e. The minimum Gasteiger partial charge on any atom is -0.330 e. The summed E-state index contributed by atoms with van der Waals surface area (Å²) in [5.41, 5.74) is 6.25. The fraction of sp³-hybridized carbons (Fsp3) is 0.533. The Balaban J connectivity index is 2.65. The van der Waals surface area contributed by atoms with Crippen molar-refractivity contribution in [3.63, 3.8) is 0 Å². The molecule has 0 fully saturated rings. The minimum absolute atomic E-state index is 0.0238. The van der Waals surface area contributed by atoms with Gasteiger partial charge in [0.25, 0.3) is 0 Å². The lowest BCUT2D eigenvalue weighted by Gasteiger charge is -2.30. The number of halogens is 2. The fourth-order valence-electron chi connectivity index (χ4n) is 1.94. The van der Waals surface area contributed by atoms with Crippen molar-refractivity contribution in [2.45, 2.75) is 20.8 Å². The molecule has 21 heavy (non-hydrogen) atoms. The van der Waals surface area contributed by atoms with Crippen molar-refractivity contribution in [3.8, 4) is 0 Å². The molecular weight excluding hydrogens is 309 g/mol. The van der Waals surface area contributed by atoms with Crippen LogP contribution >= 0.6 is 23.2 Å². The van der Waals surface area contributed by atoms with Crippen LogP contribution in [0, 0.1) is 5.41 Å². The minimum atomic E-state index is -0.117. The molecule has 0 spiro atoms. The number of likely N-dealkylation sites (N-methyl/N-ethyl adjacent to an activating group) is 1. The van der Waals surface area contributed by atoms with Gasteiger partial charge in [0.05, 0.1) is 17.3 Å². The fourth-order valence-corrected chi connectivity index (χ4v) is 2.27. The maximum atomic E-state index is 12.1. The van der Waals surface area contributed by atoms with Crippen LogP contribution in [-0.4, -0.2) is 37.0 Å². The molecule has 3 N–H and O–H groups in total. The molecule has 0 unspecified atom stereocenters. The summed E-state index contributed by atoms with van der Waals surface area (Å²) in [4.78, 5) is 14.2. The number of carbonyl (C=O) groups is 1. The van der Waals surface area contributed by atoms with Crippen LogP contribution in [0.15, 0.2) is 18.2 Å². The lowest BCUT2D eigenvalue weighted by molar-refractivity contribution is -0.117. The summed E-state index contributed by atoms with van der Waals surface area (Å²) in [6, 6.07) is 4.98. The highest BCUT2D eigenvalue weighted by molar-refractivity contribution is 6.35. The van der Waals surface area contributed by atoms with E-state index in [1.165, 1.54) is 0 Å². The normalized spacial score (nSPS) is 11.8. The molecule has 0 bridgehead atoms. The lowest BCUT2D eigenvalue weighted by atomic mass is 9.93. The van der Waals surface area contributed by atoms with Gasteiger partial charge in [0.1, 0.15) is 0 Å². The molecule has 0 aromatic heterocycles. The van der Waals surface area contributed by atoms with Crippen molar-refractivity contribution in [2.24, 2.45) is 11.1 Å². The standard InChI is InChI=1S/C15H23Cl2N3O/c1-4-20(10-15(2,3)9-18)8-14(21)19-13-7-11(16)5-6-12(13)17/h5-7H,4,8-10,18H2,1-3H3,(H,19,21). The molecule has 0 atom stereocenters. The highest BCUT2D eigenvalue weighted by atomic mass is 35.5. The van der Waals surface area contributed by atoms with Crippen molar-refractivity contribution in [3.05, 3.63) is 28.2 Å². The van der Waals surface area contributed by atoms with Crippen molar-refractivity contribution in [1.29, 1.82) is 0 Å². The number of benzene rings is 1. The number of amides is 1. The van der Waals surface area contributed by atoms with E-state index < -0.39 is 0 Å². The molecule has 118 valence electrons. The topological polar surface area (TPSA) is 58.4 Å². The van der Waals surface area contributed by atoms with E-state index in [0.717, 1.165) is 13.1 Å². The molecule has 1 rings (SSSR count). The monoisotopic (exact) mass is 331 g/mol. The van der Waals surface area contributed by atoms with Crippen LogP contribution in [0.1, 0.15) is 20.8 Å². The molecule has 0 aliphatic carbocycles. The van der Waals surface area contributed by atoms with Crippen molar-refractivity contribution in [2.75, 3.05) is 31.5 Å². The van der Waals surface area contributed by atoms with Gasteiger partial charge in [-0.3, -0.25) is 9.69 Å². The SMILES string of the molecule is CCN(CC(=O)Nc1cc(Cl)ccc1Cl)CC(C)(C)CN. The maximum absolute atomic E-state index is 12.1. The van der Waals surface area contributed by atoms with E-state index in [1.807, 2.05) is 6.92 Å². The first-order chi connectivity index (χ1) is 9.77. The van der Waals surface area contributed by atoms with E-state index in [4.69, 9.17) is 28.9 Å². The lowest BCUT2D eigenvalue weighted by Crippen LogP contribution is -2.42. The largest absolute Gasteiger partial charge is 0.330 e. The summed E-state index contributed by atoms with van der Waals surface area (Å²) in [6.07, 6.45) is 0. The zero-order valence-electron chi connectivity index (χ0n) is 12.7. The van der Waals surface area contributed by atoms with E-state index in [-0.39, 0.29) is 11.3 Å². The molecule has 0 saturated heterocycles. The summed E-state index contributed by atoms with van der Waals surface area (Å²) < 4.78 is 0. The van der Waals surface area contributed by atoms with Crippen LogP contribution in [0.2, 0.25) is 10.0 Å². The van der Waals surface area contributed by atoms with Gasteiger partial charge in [-0.15, -0.1) is 0 Å². The molecule has 0 aliphatic rings. The summed E-state index contributed by atoms with van der Waals surface area (Å²) in [5, 5.41) is 3.80. The van der Waals surface area contributed by atoms with Crippen molar-refractivity contribution < 1.29 is 4.79 Å². The van der Waals surface area contributed by atoms with E-state index in [0.29, 0.717) is 28.8 Å². The molecule has 0 saturated carbocycles. The maximum Gasteiger partial charge on any atom is 0.238 e. The van der Waals surface area contributed by atoms with Crippen LogP contribution in [0.3, 0.4) is 0 Å². The van der Waals surface area contributed by atoms with Crippen LogP contribution in [-0.2, 0) is 4.79 Å². The van der Waals surface area contributed by atoms with Gasteiger partial charge >= 0.3 is 0 Å². The second-order valence-corrected chi connectivity index (χ2v) is 6.69. The molecule has 1 amide bonds. The van der Waals surface area contributed by atoms with Gasteiger partial charge < -0.3 is 11.1 Å². The number of nitrogens with zero attached hydrogens (tertiary/aromatic N) is 1. The molecule has 4 nitrogen and oxygen atoms in total. The van der Waals surface area contributed by atoms with E-state index in [9.17, 15) is 4.79 Å². The Labute approximate surface area is 136 Å². The third-order valence-corrected chi connectivity index (χ3v) is 3.79. The first-order valence-corrected chi connectivity index (χ1v) is 7.70. The summed E-state index contributed by atoms with van der Waals surface area (Å²) in [6.45, 7) is 8.60. The van der Waals surface area contributed by atoms with Crippen LogP contribution in [0.25, 0.3) is 0 Å². The summed E-state index contributed by atoms with van der Waals surface area (Å²) in [5.74, 6) is -0.117. The van der Waals surface area contributed by atoms with Crippen molar-refractivity contribution in [1.82, 2.24) is 4.90 Å². The second-order valence-electron chi connectivity index (χ2n) is 5.84. The second kappa shape index (κ2) is 7.99. The van der Waals surface area contributed by atoms with Gasteiger partial charge in [-0.2, -0.15) is 0 Å². The molecular formula is C15H23Cl2N3O. The number of nitrogens with two attached hydrogens (primary N) is 1. The zero-order chi connectivity index (χ0) is 16.0. The first kappa shape index (κ1) is 18.2. The number of hydrogen-bond acceptors (Lipinski definition) is 3. The van der Waals surface area contributed by atoms with Gasteiger partial charge in [0, 0.05) is 11.6 Å². The quantitative estimate of drug-likeness (QED) is 0.806. The number of carbonyl (C=O) groups excluding carboxylic acids is 1. The third kappa shape index (κ3) is 6.22. The Bertz CT molecular complexity index is 492. The molecule has 1 aromatic rings. The van der Waals surface area contributed by atoms with E-state index in [1.54, 1.807) is 18.2 Å². The molecule has 1 aromatic carbocycles. The summed E-state index contributed by atoms with van der Waals surface area (Å²) >= 11 is 11.9. The highest BCUT2D eigenvalue weighted by Crippen LogP contribution is 2.25. The van der Waals surface area contributed by atoms with Gasteiger partial charge in [-0.25, -0.2) is 0 Å². The number of hydrogen-bond donors (Lipinski definition) is 2. The Morgan fingerprint density at radius 3 is 2.62 bits per heavy atom. The van der Waals surface area contributed by atoms with Gasteiger partial charge in [0.2, 0.25) is 5.91 Å². The number of nitrogens with one attached hydrogen (secondary N) is 1. The first-order valence-electron chi connectivity index (χ1n) is 6.94. The van der Waals surface area contributed by atoms with Crippen molar-refractivity contribution >= 4 is 34.8 Å². The zero-order valence-corrected chi connectivity index (χ0v) is 14.3. The number of rotatable bonds is 7. The average Bonchev–Trinajstić information content (AvgIpc) is 2.42. The van der Waals surface area contributed by atoms with E-state index >= 15 is 0 Å². The van der Waals surface area contributed by atoms with Crippen LogP contribution < -0.4 is 11.1 Å². The highest BCUT2D eigenvalue weighted by Gasteiger charge is 2.21. The molecule has 0 heterocycles. The van der Waals surface area contributed by atoms with E-state index in [2.05, 4.69) is 24.1 Å². The van der Waals surface area contributed by atoms with Crippen LogP contribution in [0.4, 0.5) is 5.69 Å². The van der Waals surface area contributed by atoms with Gasteiger partial charge in [-0.05, 0) is 36.7 Å². The molecule has 0 radical (unpaired) electrons. The Hall–Kier alpha value is -0.810. The summed E-state index contributed by atoms with van der Waals surface area (Å²) in [7, 11) is 0. The predicted octanol–water partition coefficient (Wildman–Crippen LogP) is 3.24. The average molecular weight is 332 g/mol. The molecule has 6 heteroatoms. The third-order valence-electron chi connectivity index (χ3n) is 3.22. The number of anilines is 1. The van der Waals surface area contributed by atoms with Crippen LogP contribution in [0.5, 0.6) is 0 Å².